The van der Waals surface area contributed by atoms with Crippen LogP contribution in [0, 0.1) is 0 Å². The van der Waals surface area contributed by atoms with Crippen LogP contribution in [-0.2, 0) is 9.59 Å². The molecule has 0 unspecified atom stereocenters. The Morgan fingerprint density at radius 2 is 2.14 bits per heavy atom. The van der Waals surface area contributed by atoms with Gasteiger partial charge in [0.15, 0.2) is 0 Å². The molecule has 5 nitrogen and oxygen atoms in total. The Bertz CT molecular complexity index is 558. The van der Waals surface area contributed by atoms with E-state index in [0.717, 1.165) is 16.5 Å². The molecule has 2 N–H and O–H groups in total. The molecule has 1 atom stereocenters. The van der Waals surface area contributed by atoms with Crippen molar-refractivity contribution in [1.82, 2.24) is 10.6 Å². The van der Waals surface area contributed by atoms with Gasteiger partial charge in [0.1, 0.15) is 11.8 Å². The Hall–Kier alpha value is -1.82. The summed E-state index contributed by atoms with van der Waals surface area (Å²) in [5, 5.41) is 5.35. The van der Waals surface area contributed by atoms with Gasteiger partial charge in [0.2, 0.25) is 11.8 Å². The molecule has 0 saturated carbocycles. The number of rotatable bonds is 7. The van der Waals surface area contributed by atoms with Crippen LogP contribution in [-0.4, -0.2) is 31.5 Å². The van der Waals surface area contributed by atoms with Crippen molar-refractivity contribution >= 4 is 33.8 Å². The van der Waals surface area contributed by atoms with Gasteiger partial charge >= 0.3 is 0 Å². The van der Waals surface area contributed by atoms with E-state index >= 15 is 0 Å². The third kappa shape index (κ3) is 5.89. The number of benzene rings is 1. The Balaban J connectivity index is 2.64. The van der Waals surface area contributed by atoms with Crippen molar-refractivity contribution < 1.29 is 14.3 Å². The van der Waals surface area contributed by atoms with Crippen LogP contribution < -0.4 is 15.4 Å². The number of carbonyl (C=O) groups is 2. The minimum atomic E-state index is -0.576. The fourth-order valence-corrected chi connectivity index (χ4v) is 2.11. The molecule has 0 aromatic heterocycles. The molecule has 0 radical (unpaired) electrons. The zero-order valence-electron chi connectivity index (χ0n) is 13.0. The van der Waals surface area contributed by atoms with E-state index in [4.69, 9.17) is 4.74 Å². The molecular formula is C16H21BrN2O3. The SMILES string of the molecule is CCCNC(=O)[C@H](C)NC(=O)/C=C/c1cc(Br)ccc1OC. The molecule has 0 bridgehead atoms. The fourth-order valence-electron chi connectivity index (χ4n) is 1.73. The molecule has 0 saturated heterocycles. The lowest BCUT2D eigenvalue weighted by atomic mass is 10.2. The molecule has 0 aliphatic heterocycles. The van der Waals surface area contributed by atoms with E-state index in [-0.39, 0.29) is 11.8 Å². The number of ether oxygens (including phenoxy) is 1. The largest absolute Gasteiger partial charge is 0.496 e. The second-order valence-corrected chi connectivity index (χ2v) is 5.66. The first-order valence-corrected chi connectivity index (χ1v) is 7.87. The van der Waals surface area contributed by atoms with Gasteiger partial charge in [0.25, 0.3) is 0 Å². The minimum absolute atomic E-state index is 0.191. The van der Waals surface area contributed by atoms with E-state index in [2.05, 4.69) is 26.6 Å². The Morgan fingerprint density at radius 3 is 2.77 bits per heavy atom. The molecule has 2 amide bonds. The van der Waals surface area contributed by atoms with Crippen LogP contribution in [0.1, 0.15) is 25.8 Å². The molecule has 0 heterocycles. The summed E-state index contributed by atoms with van der Waals surface area (Å²) in [5.41, 5.74) is 0.773. The molecular weight excluding hydrogens is 348 g/mol. The van der Waals surface area contributed by atoms with Crippen LogP contribution in [0.15, 0.2) is 28.7 Å². The highest BCUT2D eigenvalue weighted by Gasteiger charge is 2.13. The van der Waals surface area contributed by atoms with E-state index in [1.54, 1.807) is 20.1 Å². The van der Waals surface area contributed by atoms with Crippen molar-refractivity contribution in [3.63, 3.8) is 0 Å². The summed E-state index contributed by atoms with van der Waals surface area (Å²) >= 11 is 3.37. The van der Waals surface area contributed by atoms with Crippen LogP contribution in [0.5, 0.6) is 5.75 Å². The molecule has 1 rings (SSSR count). The van der Waals surface area contributed by atoms with E-state index < -0.39 is 6.04 Å². The highest BCUT2D eigenvalue weighted by Crippen LogP contribution is 2.23. The maximum absolute atomic E-state index is 11.9. The average molecular weight is 369 g/mol. The molecule has 6 heteroatoms. The predicted molar refractivity (Wildman–Crippen MR) is 90.6 cm³/mol. The van der Waals surface area contributed by atoms with Crippen molar-refractivity contribution in [2.45, 2.75) is 26.3 Å². The summed E-state index contributed by atoms with van der Waals surface area (Å²) < 4.78 is 6.12. The van der Waals surface area contributed by atoms with Gasteiger partial charge in [-0.3, -0.25) is 9.59 Å². The first-order valence-electron chi connectivity index (χ1n) is 7.07. The third-order valence-corrected chi connectivity index (χ3v) is 3.40. The molecule has 22 heavy (non-hydrogen) atoms. The van der Waals surface area contributed by atoms with Gasteiger partial charge in [-0.05, 0) is 37.6 Å². The predicted octanol–water partition coefficient (Wildman–Crippen LogP) is 2.50. The first-order chi connectivity index (χ1) is 10.5. The normalized spacial score (nSPS) is 12.0. The van der Waals surface area contributed by atoms with Crippen molar-refractivity contribution in [2.75, 3.05) is 13.7 Å². The number of nitrogens with one attached hydrogen (secondary N) is 2. The van der Waals surface area contributed by atoms with Gasteiger partial charge in [-0.1, -0.05) is 22.9 Å². The average Bonchev–Trinajstić information content (AvgIpc) is 2.50. The number of hydrogen-bond donors (Lipinski definition) is 2. The smallest absolute Gasteiger partial charge is 0.244 e. The van der Waals surface area contributed by atoms with Crippen LogP contribution >= 0.6 is 15.9 Å². The van der Waals surface area contributed by atoms with Crippen molar-refractivity contribution in [3.8, 4) is 5.75 Å². The van der Waals surface area contributed by atoms with Crippen molar-refractivity contribution in [3.05, 3.63) is 34.3 Å². The van der Waals surface area contributed by atoms with Crippen LogP contribution in [0.25, 0.3) is 6.08 Å². The van der Waals surface area contributed by atoms with Crippen molar-refractivity contribution in [2.24, 2.45) is 0 Å². The van der Waals surface area contributed by atoms with Gasteiger partial charge in [-0.2, -0.15) is 0 Å². The summed E-state index contributed by atoms with van der Waals surface area (Å²) in [5.74, 6) is 0.144. The zero-order chi connectivity index (χ0) is 16.5. The fraction of sp³-hybridized carbons (Fsp3) is 0.375. The zero-order valence-corrected chi connectivity index (χ0v) is 14.6. The van der Waals surface area contributed by atoms with E-state index in [9.17, 15) is 9.59 Å². The van der Waals surface area contributed by atoms with Gasteiger partial charge in [0.05, 0.1) is 7.11 Å². The lowest BCUT2D eigenvalue weighted by molar-refractivity contribution is -0.126. The number of amides is 2. The Labute approximate surface area is 139 Å². The number of methoxy groups -OCH3 is 1. The monoisotopic (exact) mass is 368 g/mol. The Morgan fingerprint density at radius 1 is 1.41 bits per heavy atom. The summed E-state index contributed by atoms with van der Waals surface area (Å²) in [4.78, 5) is 23.5. The van der Waals surface area contributed by atoms with Gasteiger partial charge in [-0.15, -0.1) is 0 Å². The second-order valence-electron chi connectivity index (χ2n) is 4.74. The quantitative estimate of drug-likeness (QED) is 0.726. The summed E-state index contributed by atoms with van der Waals surface area (Å²) in [6.07, 6.45) is 3.89. The number of hydrogen-bond acceptors (Lipinski definition) is 3. The van der Waals surface area contributed by atoms with Crippen molar-refractivity contribution in [1.29, 1.82) is 0 Å². The van der Waals surface area contributed by atoms with Gasteiger partial charge in [-0.25, -0.2) is 0 Å². The van der Waals surface area contributed by atoms with Crippen LogP contribution in [0.3, 0.4) is 0 Å². The number of carbonyl (C=O) groups excluding carboxylic acids is 2. The van der Waals surface area contributed by atoms with Crippen LogP contribution in [0.4, 0.5) is 0 Å². The summed E-state index contributed by atoms with van der Waals surface area (Å²) in [7, 11) is 1.57. The summed E-state index contributed by atoms with van der Waals surface area (Å²) in [6, 6.07) is 4.94. The van der Waals surface area contributed by atoms with E-state index in [1.165, 1.54) is 6.08 Å². The van der Waals surface area contributed by atoms with Gasteiger partial charge < -0.3 is 15.4 Å². The maximum Gasteiger partial charge on any atom is 0.244 e. The standard InChI is InChI=1S/C16H21BrN2O3/c1-4-9-18-16(21)11(2)19-15(20)8-5-12-10-13(17)6-7-14(12)22-3/h5-8,10-11H,4,9H2,1-3H3,(H,18,21)(H,19,20)/b8-5+/t11-/m0/s1. The molecule has 0 fully saturated rings. The molecule has 1 aromatic rings. The highest BCUT2D eigenvalue weighted by atomic mass is 79.9. The molecule has 0 spiro atoms. The lowest BCUT2D eigenvalue weighted by Gasteiger charge is -2.12. The summed E-state index contributed by atoms with van der Waals surface area (Å²) in [6.45, 7) is 4.22. The molecule has 1 aromatic carbocycles. The second kappa shape index (κ2) is 9.25. The third-order valence-electron chi connectivity index (χ3n) is 2.91. The molecule has 120 valence electrons. The molecule has 0 aliphatic carbocycles. The molecule has 0 aliphatic rings. The Kier molecular flexibility index (Phi) is 7.66. The van der Waals surface area contributed by atoms with E-state index in [1.807, 2.05) is 25.1 Å². The van der Waals surface area contributed by atoms with Gasteiger partial charge in [0, 0.05) is 22.7 Å². The topological polar surface area (TPSA) is 67.4 Å². The highest BCUT2D eigenvalue weighted by molar-refractivity contribution is 9.10. The number of halogens is 1. The minimum Gasteiger partial charge on any atom is -0.496 e. The lowest BCUT2D eigenvalue weighted by Crippen LogP contribution is -2.44. The maximum atomic E-state index is 11.9. The first kappa shape index (κ1) is 18.2. The van der Waals surface area contributed by atoms with E-state index in [0.29, 0.717) is 12.3 Å². The van der Waals surface area contributed by atoms with Crippen LogP contribution in [0.2, 0.25) is 0 Å².